The number of rotatable bonds is 4. The van der Waals surface area contributed by atoms with Crippen LogP contribution in [0.3, 0.4) is 0 Å². The Kier molecular flexibility index (Phi) is 4.73. The highest BCUT2D eigenvalue weighted by Crippen LogP contribution is 2.32. The van der Waals surface area contributed by atoms with Crippen LogP contribution in [-0.2, 0) is 9.05 Å². The number of halogens is 4. The lowest BCUT2D eigenvalue weighted by molar-refractivity contribution is -0.139. The summed E-state index contributed by atoms with van der Waals surface area (Å²) in [6.07, 6.45) is -5.53. The van der Waals surface area contributed by atoms with Crippen molar-refractivity contribution in [1.29, 1.82) is 0 Å². The van der Waals surface area contributed by atoms with Crippen LogP contribution in [0.4, 0.5) is 13.2 Å². The molecule has 0 N–H and O–H groups in total. The molecule has 8 heteroatoms. The van der Waals surface area contributed by atoms with E-state index in [4.69, 9.17) is 15.4 Å². The Morgan fingerprint density at radius 3 is 2.32 bits per heavy atom. The lowest BCUT2D eigenvalue weighted by atomic mass is 10.1. The average molecular weight is 317 g/mol. The monoisotopic (exact) mass is 316 g/mol. The molecule has 1 aromatic carbocycles. The standard InChI is InChI=1S/C11H12ClF3O3S/c1-7-5-8(2)10(9(6-7)19(12,16)17)18-4-3-11(13,14)15/h5-6H,3-4H2,1-2H3. The van der Waals surface area contributed by atoms with Gasteiger partial charge in [-0.3, -0.25) is 0 Å². The minimum atomic E-state index is -4.36. The van der Waals surface area contributed by atoms with Gasteiger partial charge in [0, 0.05) is 10.7 Å². The molecule has 0 atom stereocenters. The fourth-order valence-electron chi connectivity index (χ4n) is 1.55. The van der Waals surface area contributed by atoms with Crippen LogP contribution in [0.2, 0.25) is 0 Å². The fourth-order valence-corrected chi connectivity index (χ4v) is 2.66. The minimum Gasteiger partial charge on any atom is -0.492 e. The van der Waals surface area contributed by atoms with Crippen LogP contribution in [0, 0.1) is 13.8 Å². The van der Waals surface area contributed by atoms with Gasteiger partial charge in [-0.1, -0.05) is 6.07 Å². The van der Waals surface area contributed by atoms with Crippen LogP contribution in [0.25, 0.3) is 0 Å². The zero-order valence-corrected chi connectivity index (χ0v) is 11.8. The van der Waals surface area contributed by atoms with Crippen molar-refractivity contribution < 1.29 is 26.3 Å². The maximum Gasteiger partial charge on any atom is 0.392 e. The van der Waals surface area contributed by atoms with E-state index in [1.54, 1.807) is 19.9 Å². The predicted octanol–water partition coefficient (Wildman–Crippen LogP) is 3.56. The zero-order valence-electron chi connectivity index (χ0n) is 10.2. The highest BCUT2D eigenvalue weighted by Gasteiger charge is 2.28. The van der Waals surface area contributed by atoms with Gasteiger partial charge in [0.15, 0.2) is 0 Å². The second kappa shape index (κ2) is 5.58. The molecular weight excluding hydrogens is 305 g/mol. The maximum atomic E-state index is 12.0. The van der Waals surface area contributed by atoms with Gasteiger partial charge in [-0.2, -0.15) is 13.2 Å². The van der Waals surface area contributed by atoms with Gasteiger partial charge in [-0.05, 0) is 31.0 Å². The summed E-state index contributed by atoms with van der Waals surface area (Å²) in [4.78, 5) is -0.311. The molecule has 0 fully saturated rings. The molecule has 108 valence electrons. The van der Waals surface area contributed by atoms with Crippen LogP contribution in [0.15, 0.2) is 17.0 Å². The summed E-state index contributed by atoms with van der Waals surface area (Å²) < 4.78 is 63.8. The van der Waals surface area contributed by atoms with Gasteiger partial charge in [0.05, 0.1) is 13.0 Å². The van der Waals surface area contributed by atoms with E-state index in [0.29, 0.717) is 11.1 Å². The topological polar surface area (TPSA) is 43.4 Å². The molecule has 0 saturated carbocycles. The van der Waals surface area contributed by atoms with Gasteiger partial charge >= 0.3 is 6.18 Å². The van der Waals surface area contributed by atoms with Crippen molar-refractivity contribution in [3.8, 4) is 5.75 Å². The highest BCUT2D eigenvalue weighted by atomic mass is 35.7. The van der Waals surface area contributed by atoms with Crippen molar-refractivity contribution in [2.24, 2.45) is 0 Å². The molecule has 0 amide bonds. The van der Waals surface area contributed by atoms with Gasteiger partial charge in [0.1, 0.15) is 10.6 Å². The van der Waals surface area contributed by atoms with E-state index in [1.807, 2.05) is 0 Å². The minimum absolute atomic E-state index is 0.134. The summed E-state index contributed by atoms with van der Waals surface area (Å²) >= 11 is 0. The second-order valence-electron chi connectivity index (χ2n) is 4.06. The highest BCUT2D eigenvalue weighted by molar-refractivity contribution is 8.13. The lowest BCUT2D eigenvalue weighted by Gasteiger charge is -2.14. The lowest BCUT2D eigenvalue weighted by Crippen LogP contribution is -2.14. The van der Waals surface area contributed by atoms with Crippen LogP contribution in [0.1, 0.15) is 17.5 Å². The van der Waals surface area contributed by atoms with E-state index >= 15 is 0 Å². The molecule has 0 radical (unpaired) electrons. The molecule has 0 aliphatic rings. The molecule has 0 heterocycles. The summed E-state index contributed by atoms with van der Waals surface area (Å²) in [7, 11) is 1.17. The molecule has 0 saturated heterocycles. The van der Waals surface area contributed by atoms with Crippen molar-refractivity contribution in [2.75, 3.05) is 6.61 Å². The molecule has 0 aliphatic carbocycles. The van der Waals surface area contributed by atoms with Crippen molar-refractivity contribution >= 4 is 19.7 Å². The largest absolute Gasteiger partial charge is 0.492 e. The Bertz CT molecular complexity index is 567. The first-order valence-electron chi connectivity index (χ1n) is 5.26. The summed E-state index contributed by atoms with van der Waals surface area (Å²) in [6, 6.07) is 2.87. The molecule has 1 aromatic rings. The van der Waals surface area contributed by atoms with Crippen molar-refractivity contribution in [2.45, 2.75) is 31.3 Å². The molecule has 0 unspecified atom stereocenters. The van der Waals surface area contributed by atoms with Crippen molar-refractivity contribution in [1.82, 2.24) is 0 Å². The molecule has 0 bridgehead atoms. The quantitative estimate of drug-likeness (QED) is 0.798. The van der Waals surface area contributed by atoms with E-state index in [9.17, 15) is 21.6 Å². The molecular formula is C11H12ClF3O3S. The number of hydrogen-bond donors (Lipinski definition) is 0. The third-order valence-corrected chi connectivity index (χ3v) is 3.61. The first-order valence-corrected chi connectivity index (χ1v) is 7.57. The third-order valence-electron chi connectivity index (χ3n) is 2.28. The summed E-state index contributed by atoms with van der Waals surface area (Å²) in [5.74, 6) is -0.134. The number of aryl methyl sites for hydroxylation is 2. The van der Waals surface area contributed by atoms with Gasteiger partial charge < -0.3 is 4.74 Å². The molecule has 0 spiro atoms. The molecule has 0 aliphatic heterocycles. The summed E-state index contributed by atoms with van der Waals surface area (Å²) in [5, 5.41) is 0. The van der Waals surface area contributed by atoms with Crippen LogP contribution < -0.4 is 4.74 Å². The zero-order chi connectivity index (χ0) is 14.8. The SMILES string of the molecule is Cc1cc(C)c(OCCC(F)(F)F)c(S(=O)(=O)Cl)c1. The van der Waals surface area contributed by atoms with Gasteiger partial charge in [0.2, 0.25) is 0 Å². The average Bonchev–Trinajstić information content (AvgIpc) is 2.17. The second-order valence-corrected chi connectivity index (χ2v) is 6.59. The number of ether oxygens (including phenoxy) is 1. The fraction of sp³-hybridized carbons (Fsp3) is 0.455. The molecule has 1 rings (SSSR count). The van der Waals surface area contributed by atoms with E-state index < -0.39 is 28.3 Å². The first kappa shape index (κ1) is 16.1. The van der Waals surface area contributed by atoms with Gasteiger partial charge in [0.25, 0.3) is 9.05 Å². The van der Waals surface area contributed by atoms with Gasteiger partial charge in [-0.15, -0.1) is 0 Å². The third kappa shape index (κ3) is 4.91. The number of hydrogen-bond acceptors (Lipinski definition) is 3. The van der Waals surface area contributed by atoms with E-state index in [-0.39, 0.29) is 10.6 Å². The number of alkyl halides is 3. The Hall–Kier alpha value is -0.950. The summed E-state index contributed by atoms with van der Waals surface area (Å²) in [6.45, 7) is 2.53. The Morgan fingerprint density at radius 1 is 1.26 bits per heavy atom. The van der Waals surface area contributed by atoms with Crippen molar-refractivity contribution in [3.05, 3.63) is 23.3 Å². The van der Waals surface area contributed by atoms with E-state index in [1.165, 1.54) is 6.07 Å². The van der Waals surface area contributed by atoms with Gasteiger partial charge in [-0.25, -0.2) is 8.42 Å². The Balaban J connectivity index is 3.06. The first-order chi connectivity index (χ1) is 8.50. The van der Waals surface area contributed by atoms with Crippen LogP contribution >= 0.6 is 10.7 Å². The molecule has 19 heavy (non-hydrogen) atoms. The molecule has 0 aromatic heterocycles. The smallest absolute Gasteiger partial charge is 0.392 e. The Morgan fingerprint density at radius 2 is 1.84 bits per heavy atom. The maximum absolute atomic E-state index is 12.0. The Labute approximate surface area is 113 Å². The van der Waals surface area contributed by atoms with Crippen LogP contribution in [0.5, 0.6) is 5.75 Å². The van der Waals surface area contributed by atoms with Crippen LogP contribution in [-0.4, -0.2) is 21.2 Å². The molecule has 3 nitrogen and oxygen atoms in total. The summed E-state index contributed by atoms with van der Waals surface area (Å²) in [5.41, 5.74) is 1.04. The van der Waals surface area contributed by atoms with Crippen molar-refractivity contribution in [3.63, 3.8) is 0 Å². The predicted molar refractivity (Wildman–Crippen MR) is 65.1 cm³/mol. The van der Waals surface area contributed by atoms with E-state index in [2.05, 4.69) is 0 Å². The number of benzene rings is 1. The van der Waals surface area contributed by atoms with E-state index in [0.717, 1.165) is 0 Å². The normalized spacial score (nSPS) is 12.5.